The maximum absolute atomic E-state index is 5.46. The molecule has 2 saturated heterocycles. The van der Waals surface area contributed by atoms with Crippen molar-refractivity contribution in [1.82, 2.24) is 0 Å². The number of likely N-dealkylation sites (N-methyl/N-ethyl adjacent to an activating group) is 1. The Balaban J connectivity index is 0.000000980. The molecular weight excluding hydrogens is 222 g/mol. The van der Waals surface area contributed by atoms with Gasteiger partial charge in [-0.25, -0.2) is 0 Å². The van der Waals surface area contributed by atoms with Gasteiger partial charge in [0.25, 0.3) is 0 Å². The predicted molar refractivity (Wildman–Crippen MR) is 53.3 cm³/mol. The number of nitrogens with zero attached hydrogens (tertiary/aromatic N) is 1. The maximum atomic E-state index is 5.46. The fourth-order valence-electron chi connectivity index (χ4n) is 1.81. The summed E-state index contributed by atoms with van der Waals surface area (Å²) in [5.74, 6) is 0.837. The number of ether oxygens (including phenoxy) is 2. The molecule has 0 aromatic carbocycles. The molecule has 0 aromatic heterocycles. The van der Waals surface area contributed by atoms with Gasteiger partial charge in [-0.05, 0) is 13.8 Å². The van der Waals surface area contributed by atoms with E-state index in [9.17, 15) is 0 Å². The van der Waals surface area contributed by atoms with E-state index in [4.69, 9.17) is 9.47 Å². The van der Waals surface area contributed by atoms with E-state index in [0.29, 0.717) is 0 Å². The molecule has 2 atom stereocenters. The van der Waals surface area contributed by atoms with Crippen molar-refractivity contribution >= 4 is 11.9 Å². The highest BCUT2D eigenvalue weighted by molar-refractivity contribution is 7.93. The standard InChI is InChI=1S/C9H18NO2S.ClH/c1-3-10(4-5-11-8-13-10)6-9(2)7-12-9;/h3-8H2,1-2H3;1H/q+1;/p-1. The lowest BCUT2D eigenvalue weighted by atomic mass is 10.2. The van der Waals surface area contributed by atoms with Crippen LogP contribution in [0.2, 0.25) is 0 Å². The minimum absolute atomic E-state index is 0. The molecule has 0 saturated carbocycles. The molecule has 2 aliphatic rings. The third-order valence-corrected chi connectivity index (χ3v) is 4.28. The molecule has 0 amide bonds. The molecule has 0 bridgehead atoms. The van der Waals surface area contributed by atoms with Crippen LogP contribution in [0.15, 0.2) is 0 Å². The molecule has 2 aliphatic heterocycles. The van der Waals surface area contributed by atoms with Crippen molar-refractivity contribution in [3.05, 3.63) is 0 Å². The van der Waals surface area contributed by atoms with E-state index >= 15 is 0 Å². The van der Waals surface area contributed by atoms with Gasteiger partial charge in [-0.2, -0.15) is 0 Å². The molecule has 0 aromatic rings. The number of hydrogen-bond acceptors (Lipinski definition) is 3. The lowest BCUT2D eigenvalue weighted by molar-refractivity contribution is -0.801. The minimum Gasteiger partial charge on any atom is -1.00 e. The van der Waals surface area contributed by atoms with Gasteiger partial charge >= 0.3 is 0 Å². The molecule has 0 spiro atoms. The smallest absolute Gasteiger partial charge is 0.147 e. The molecule has 5 heteroatoms. The first-order valence-corrected chi connectivity index (χ1v) is 5.85. The zero-order chi connectivity index (χ0) is 9.36. The second kappa shape index (κ2) is 4.58. The Bertz CT molecular complexity index is 193. The van der Waals surface area contributed by atoms with Crippen LogP contribution < -0.4 is 12.4 Å². The summed E-state index contributed by atoms with van der Waals surface area (Å²) in [6.45, 7) is 9.73. The SMILES string of the molecule is CC[N+]1(CC2(C)CO2)CCOCS1.[Cl-]. The molecule has 0 radical (unpaired) electrons. The third-order valence-electron chi connectivity index (χ3n) is 2.89. The quantitative estimate of drug-likeness (QED) is 0.331. The Morgan fingerprint density at radius 2 is 2.21 bits per heavy atom. The van der Waals surface area contributed by atoms with Crippen molar-refractivity contribution in [3.63, 3.8) is 0 Å². The summed E-state index contributed by atoms with van der Waals surface area (Å²) in [6.07, 6.45) is 0. The van der Waals surface area contributed by atoms with Crippen molar-refractivity contribution in [2.75, 3.05) is 38.8 Å². The summed E-state index contributed by atoms with van der Waals surface area (Å²) in [5.41, 5.74) is 0.167. The van der Waals surface area contributed by atoms with Crippen LogP contribution >= 0.6 is 11.9 Å². The van der Waals surface area contributed by atoms with Gasteiger partial charge in [0.1, 0.15) is 36.6 Å². The summed E-state index contributed by atoms with van der Waals surface area (Å²) >= 11 is 1.91. The number of epoxide rings is 1. The van der Waals surface area contributed by atoms with E-state index in [1.807, 2.05) is 11.9 Å². The third kappa shape index (κ3) is 2.76. The van der Waals surface area contributed by atoms with Gasteiger partial charge in [0.15, 0.2) is 0 Å². The summed E-state index contributed by atoms with van der Waals surface area (Å²) in [5, 5.41) is 0. The van der Waals surface area contributed by atoms with E-state index in [-0.39, 0.29) is 18.0 Å². The van der Waals surface area contributed by atoms with Crippen molar-refractivity contribution in [2.24, 2.45) is 0 Å². The molecule has 2 fully saturated rings. The monoisotopic (exact) mass is 239 g/mol. The highest BCUT2D eigenvalue weighted by atomic mass is 35.5. The van der Waals surface area contributed by atoms with Crippen LogP contribution in [-0.2, 0) is 9.47 Å². The Hall–Kier alpha value is 0.520. The second-order valence-electron chi connectivity index (χ2n) is 4.15. The zero-order valence-electron chi connectivity index (χ0n) is 8.79. The zero-order valence-corrected chi connectivity index (χ0v) is 10.4. The molecule has 2 heterocycles. The summed E-state index contributed by atoms with van der Waals surface area (Å²) in [4.78, 5) is 0. The van der Waals surface area contributed by atoms with Gasteiger partial charge < -0.3 is 21.9 Å². The summed E-state index contributed by atoms with van der Waals surface area (Å²) in [6, 6.07) is 0. The molecular formula is C9H18ClNO2S. The van der Waals surface area contributed by atoms with E-state index < -0.39 is 0 Å². The van der Waals surface area contributed by atoms with Crippen LogP contribution in [-0.4, -0.2) is 48.3 Å². The second-order valence-corrected chi connectivity index (χ2v) is 5.42. The number of halogens is 1. The molecule has 14 heavy (non-hydrogen) atoms. The van der Waals surface area contributed by atoms with Gasteiger partial charge in [-0.15, -0.1) is 0 Å². The van der Waals surface area contributed by atoms with E-state index in [0.717, 1.165) is 36.1 Å². The first-order chi connectivity index (χ1) is 6.18. The summed E-state index contributed by atoms with van der Waals surface area (Å²) in [7, 11) is 0. The molecule has 0 aliphatic carbocycles. The van der Waals surface area contributed by atoms with E-state index in [1.54, 1.807) is 0 Å². The molecule has 2 rings (SSSR count). The largest absolute Gasteiger partial charge is 1.00 e. The fraction of sp³-hybridized carbons (Fsp3) is 1.00. The maximum Gasteiger partial charge on any atom is 0.147 e. The van der Waals surface area contributed by atoms with Crippen LogP contribution in [0, 0.1) is 0 Å². The van der Waals surface area contributed by atoms with E-state index in [2.05, 4.69) is 13.8 Å². The number of quaternary nitrogens is 1. The normalized spacial score (nSPS) is 41.6. The number of rotatable bonds is 3. The highest BCUT2D eigenvalue weighted by Crippen LogP contribution is 2.36. The van der Waals surface area contributed by atoms with Gasteiger partial charge in [0, 0.05) is 0 Å². The predicted octanol–water partition coefficient (Wildman–Crippen LogP) is -1.75. The Morgan fingerprint density at radius 3 is 2.64 bits per heavy atom. The minimum atomic E-state index is 0. The van der Waals surface area contributed by atoms with Crippen molar-refractivity contribution in [1.29, 1.82) is 0 Å². The number of hydrogen-bond donors (Lipinski definition) is 0. The van der Waals surface area contributed by atoms with Crippen molar-refractivity contribution < 1.29 is 25.8 Å². The van der Waals surface area contributed by atoms with Crippen LogP contribution in [0.25, 0.3) is 0 Å². The lowest BCUT2D eigenvalue weighted by Gasteiger charge is -2.38. The average molecular weight is 240 g/mol. The van der Waals surface area contributed by atoms with Gasteiger partial charge in [-0.3, -0.25) is 3.89 Å². The fourth-order valence-corrected chi connectivity index (χ4v) is 2.98. The molecule has 84 valence electrons. The van der Waals surface area contributed by atoms with Crippen LogP contribution in [0.5, 0.6) is 0 Å². The van der Waals surface area contributed by atoms with Crippen LogP contribution in [0.3, 0.4) is 0 Å². The van der Waals surface area contributed by atoms with E-state index in [1.165, 1.54) is 6.54 Å². The summed E-state index contributed by atoms with van der Waals surface area (Å²) < 4.78 is 11.9. The Labute approximate surface area is 96.3 Å². The van der Waals surface area contributed by atoms with Crippen molar-refractivity contribution in [3.8, 4) is 0 Å². The van der Waals surface area contributed by atoms with Crippen LogP contribution in [0.4, 0.5) is 0 Å². The Morgan fingerprint density at radius 1 is 1.50 bits per heavy atom. The average Bonchev–Trinajstić information content (AvgIpc) is 2.85. The first-order valence-electron chi connectivity index (χ1n) is 4.90. The van der Waals surface area contributed by atoms with Crippen LogP contribution in [0.1, 0.15) is 13.8 Å². The molecule has 0 N–H and O–H groups in total. The Kier molecular flexibility index (Phi) is 4.11. The molecule has 3 nitrogen and oxygen atoms in total. The van der Waals surface area contributed by atoms with Gasteiger partial charge in [-0.1, -0.05) is 0 Å². The topological polar surface area (TPSA) is 21.8 Å². The molecule has 2 unspecified atom stereocenters. The lowest BCUT2D eigenvalue weighted by Crippen LogP contribution is -3.00. The van der Waals surface area contributed by atoms with Gasteiger partial charge in [0.2, 0.25) is 0 Å². The highest BCUT2D eigenvalue weighted by Gasteiger charge is 2.48. The van der Waals surface area contributed by atoms with Crippen molar-refractivity contribution in [2.45, 2.75) is 19.4 Å². The first kappa shape index (κ1) is 12.6. The van der Waals surface area contributed by atoms with Gasteiger partial charge in [0.05, 0.1) is 19.8 Å².